The minimum absolute atomic E-state index is 0.332. The van der Waals surface area contributed by atoms with Crippen LogP contribution in [0.25, 0.3) is 0 Å². The van der Waals surface area contributed by atoms with Crippen molar-refractivity contribution in [2.24, 2.45) is 0 Å². The largest absolute Gasteiger partial charge is 0.508 e. The van der Waals surface area contributed by atoms with E-state index in [-0.39, 0.29) is 0 Å². The van der Waals surface area contributed by atoms with Crippen LogP contribution in [0.1, 0.15) is 16.7 Å². The van der Waals surface area contributed by atoms with E-state index in [9.17, 15) is 5.11 Å². The van der Waals surface area contributed by atoms with Gasteiger partial charge in [0.1, 0.15) is 11.3 Å². The monoisotopic (exact) mass is 344 g/mol. The van der Waals surface area contributed by atoms with E-state index in [1.165, 1.54) is 11.1 Å². The fourth-order valence-electron chi connectivity index (χ4n) is 4.15. The van der Waals surface area contributed by atoms with Crippen LogP contribution < -0.4 is 5.32 Å². The van der Waals surface area contributed by atoms with Gasteiger partial charge in [-0.2, -0.15) is 0 Å². The lowest BCUT2D eigenvalue weighted by atomic mass is 9.75. The van der Waals surface area contributed by atoms with Gasteiger partial charge in [0.05, 0.1) is 0 Å². The summed E-state index contributed by atoms with van der Waals surface area (Å²) in [5, 5.41) is 14.3. The van der Waals surface area contributed by atoms with Crippen LogP contribution in [0.15, 0.2) is 84.9 Å². The minimum atomic E-state index is -0.518. The van der Waals surface area contributed by atoms with E-state index in [2.05, 4.69) is 64.8 Å². The fourth-order valence-corrected chi connectivity index (χ4v) is 4.15. The quantitative estimate of drug-likeness (QED) is 0.710. The van der Waals surface area contributed by atoms with Gasteiger partial charge >= 0.3 is 0 Å². The molecule has 0 saturated carbocycles. The van der Waals surface area contributed by atoms with Crippen molar-refractivity contribution in [3.63, 3.8) is 0 Å². The van der Waals surface area contributed by atoms with Crippen molar-refractivity contribution in [3.8, 4) is 5.75 Å². The van der Waals surface area contributed by atoms with Gasteiger partial charge in [0.2, 0.25) is 0 Å². The number of piperazine rings is 1. The third-order valence-electron chi connectivity index (χ3n) is 5.27. The normalized spacial score (nSPS) is 15.7. The molecule has 0 unspecified atom stereocenters. The van der Waals surface area contributed by atoms with Crippen molar-refractivity contribution in [2.45, 2.75) is 5.54 Å². The highest BCUT2D eigenvalue weighted by molar-refractivity contribution is 5.54. The van der Waals surface area contributed by atoms with E-state index in [1.54, 1.807) is 6.07 Å². The Balaban J connectivity index is 2.05. The Morgan fingerprint density at radius 1 is 0.692 bits per heavy atom. The lowest BCUT2D eigenvalue weighted by Gasteiger charge is -2.47. The molecule has 1 fully saturated rings. The number of aromatic hydroxyl groups is 1. The predicted molar refractivity (Wildman–Crippen MR) is 105 cm³/mol. The molecule has 0 atom stereocenters. The first kappa shape index (κ1) is 16.8. The summed E-state index contributed by atoms with van der Waals surface area (Å²) in [6.45, 7) is 3.71. The zero-order valence-corrected chi connectivity index (χ0v) is 14.8. The van der Waals surface area contributed by atoms with E-state index < -0.39 is 5.54 Å². The Labute approximate surface area is 154 Å². The SMILES string of the molecule is Oc1ccccc1C(c1ccccc1)(c1ccccc1)N1CCNCC1. The van der Waals surface area contributed by atoms with Gasteiger partial charge in [0.25, 0.3) is 0 Å². The number of para-hydroxylation sites is 1. The lowest BCUT2D eigenvalue weighted by Crippen LogP contribution is -2.55. The summed E-state index contributed by atoms with van der Waals surface area (Å²) in [6, 6.07) is 28.8. The van der Waals surface area contributed by atoms with Crippen molar-refractivity contribution in [1.29, 1.82) is 0 Å². The van der Waals surface area contributed by atoms with Crippen LogP contribution >= 0.6 is 0 Å². The van der Waals surface area contributed by atoms with Crippen LogP contribution in [0, 0.1) is 0 Å². The standard InChI is InChI=1S/C23H24N2O/c26-22-14-8-7-13-21(22)23(19-9-3-1-4-10-19,20-11-5-2-6-12-20)25-17-15-24-16-18-25/h1-14,24,26H,15-18H2. The Hall–Kier alpha value is -2.62. The summed E-state index contributed by atoms with van der Waals surface area (Å²) >= 11 is 0. The van der Waals surface area contributed by atoms with Gasteiger partial charge in [-0.25, -0.2) is 0 Å². The van der Waals surface area contributed by atoms with Crippen LogP contribution in [-0.4, -0.2) is 36.2 Å². The molecule has 1 saturated heterocycles. The number of benzene rings is 3. The van der Waals surface area contributed by atoms with Crippen molar-refractivity contribution < 1.29 is 5.11 Å². The number of nitrogens with zero attached hydrogens (tertiary/aromatic N) is 1. The highest BCUT2D eigenvalue weighted by Gasteiger charge is 2.43. The first-order valence-electron chi connectivity index (χ1n) is 9.19. The van der Waals surface area contributed by atoms with E-state index in [0.717, 1.165) is 31.7 Å². The molecule has 3 nitrogen and oxygen atoms in total. The molecule has 1 heterocycles. The van der Waals surface area contributed by atoms with Crippen LogP contribution in [-0.2, 0) is 5.54 Å². The smallest absolute Gasteiger partial charge is 0.121 e. The van der Waals surface area contributed by atoms with E-state index in [1.807, 2.05) is 24.3 Å². The van der Waals surface area contributed by atoms with Crippen molar-refractivity contribution in [3.05, 3.63) is 102 Å². The molecule has 0 amide bonds. The van der Waals surface area contributed by atoms with Gasteiger partial charge in [0, 0.05) is 31.7 Å². The van der Waals surface area contributed by atoms with Gasteiger partial charge in [0.15, 0.2) is 0 Å². The zero-order valence-electron chi connectivity index (χ0n) is 14.8. The Morgan fingerprint density at radius 2 is 1.19 bits per heavy atom. The topological polar surface area (TPSA) is 35.5 Å². The van der Waals surface area contributed by atoms with Crippen molar-refractivity contribution in [2.75, 3.05) is 26.2 Å². The van der Waals surface area contributed by atoms with Gasteiger partial charge in [-0.1, -0.05) is 78.9 Å². The summed E-state index contributed by atoms with van der Waals surface area (Å²) in [7, 11) is 0. The third kappa shape index (κ3) is 2.79. The van der Waals surface area contributed by atoms with Crippen LogP contribution in [0.4, 0.5) is 0 Å². The number of hydrogen-bond donors (Lipinski definition) is 2. The molecule has 4 rings (SSSR count). The lowest BCUT2D eigenvalue weighted by molar-refractivity contribution is 0.134. The summed E-state index contributed by atoms with van der Waals surface area (Å²) < 4.78 is 0. The van der Waals surface area contributed by atoms with Gasteiger partial charge < -0.3 is 10.4 Å². The molecule has 1 aliphatic rings. The number of hydrogen-bond acceptors (Lipinski definition) is 3. The maximum atomic E-state index is 10.9. The summed E-state index contributed by atoms with van der Waals surface area (Å²) in [6.07, 6.45) is 0. The minimum Gasteiger partial charge on any atom is -0.508 e. The second-order valence-electron chi connectivity index (χ2n) is 6.70. The van der Waals surface area contributed by atoms with E-state index >= 15 is 0 Å². The van der Waals surface area contributed by atoms with E-state index in [0.29, 0.717) is 5.75 Å². The predicted octanol–water partition coefficient (Wildman–Crippen LogP) is 3.59. The van der Waals surface area contributed by atoms with Crippen LogP contribution in [0.2, 0.25) is 0 Å². The summed E-state index contributed by atoms with van der Waals surface area (Å²) in [5.74, 6) is 0.332. The molecule has 2 N–H and O–H groups in total. The van der Waals surface area contributed by atoms with E-state index in [4.69, 9.17) is 0 Å². The highest BCUT2D eigenvalue weighted by Crippen LogP contribution is 2.45. The zero-order chi connectivity index (χ0) is 17.8. The molecule has 1 aliphatic heterocycles. The average molecular weight is 344 g/mol. The molecular formula is C23H24N2O. The molecule has 3 heteroatoms. The Bertz CT molecular complexity index is 803. The fraction of sp³-hybridized carbons (Fsp3) is 0.217. The van der Waals surface area contributed by atoms with Crippen molar-refractivity contribution >= 4 is 0 Å². The van der Waals surface area contributed by atoms with Gasteiger partial charge in [-0.3, -0.25) is 4.90 Å². The van der Waals surface area contributed by atoms with Crippen LogP contribution in [0.5, 0.6) is 5.75 Å². The molecule has 3 aromatic carbocycles. The molecule has 3 aromatic rings. The Kier molecular flexibility index (Phi) is 4.74. The second-order valence-corrected chi connectivity index (χ2v) is 6.70. The molecule has 0 bridgehead atoms. The molecule has 0 aliphatic carbocycles. The molecule has 0 aromatic heterocycles. The van der Waals surface area contributed by atoms with Gasteiger partial charge in [-0.05, 0) is 17.2 Å². The first-order chi connectivity index (χ1) is 12.8. The number of phenolic OH excluding ortho intramolecular Hbond substituents is 1. The maximum Gasteiger partial charge on any atom is 0.121 e. The Morgan fingerprint density at radius 3 is 1.73 bits per heavy atom. The molecule has 132 valence electrons. The van der Waals surface area contributed by atoms with Crippen molar-refractivity contribution in [1.82, 2.24) is 10.2 Å². The van der Waals surface area contributed by atoms with Gasteiger partial charge in [-0.15, -0.1) is 0 Å². The molecule has 26 heavy (non-hydrogen) atoms. The first-order valence-corrected chi connectivity index (χ1v) is 9.19. The summed E-state index contributed by atoms with van der Waals surface area (Å²) in [4.78, 5) is 2.49. The average Bonchev–Trinajstić information content (AvgIpc) is 2.72. The number of phenols is 1. The molecular weight excluding hydrogens is 320 g/mol. The second kappa shape index (κ2) is 7.32. The molecule has 0 radical (unpaired) electrons. The maximum absolute atomic E-state index is 10.9. The number of rotatable bonds is 4. The highest BCUT2D eigenvalue weighted by atomic mass is 16.3. The van der Waals surface area contributed by atoms with Crippen LogP contribution in [0.3, 0.4) is 0 Å². The number of nitrogens with one attached hydrogen (secondary N) is 1. The summed E-state index contributed by atoms with van der Waals surface area (Å²) in [5.41, 5.74) is 2.76. The molecule has 0 spiro atoms. The third-order valence-corrected chi connectivity index (χ3v) is 5.27.